The van der Waals surface area contributed by atoms with Crippen molar-refractivity contribution in [2.75, 3.05) is 23.7 Å². The monoisotopic (exact) mass is 358 g/mol. The molecular weight excluding hydrogens is 335 g/mol. The van der Waals surface area contributed by atoms with Gasteiger partial charge in [-0.1, -0.05) is 20.8 Å². The molecule has 0 saturated carbocycles. The average molecular weight is 358 g/mol. The van der Waals surface area contributed by atoms with E-state index in [1.54, 1.807) is 30.3 Å². The maximum atomic E-state index is 13.0. The highest BCUT2D eigenvalue weighted by Gasteiger charge is 2.21. The van der Waals surface area contributed by atoms with Crippen molar-refractivity contribution in [2.24, 2.45) is 5.41 Å². The van der Waals surface area contributed by atoms with Gasteiger partial charge in [-0.3, -0.25) is 9.59 Å². The third-order valence-electron chi connectivity index (χ3n) is 3.55. The molecule has 0 fully saturated rings. The molecule has 26 heavy (non-hydrogen) atoms. The maximum absolute atomic E-state index is 13.0. The summed E-state index contributed by atoms with van der Waals surface area (Å²) < 4.78 is 13.0. The zero-order chi connectivity index (χ0) is 19.2. The summed E-state index contributed by atoms with van der Waals surface area (Å²) in [4.78, 5) is 27.5. The number of hydrogen-bond acceptors (Lipinski definition) is 4. The zero-order valence-electron chi connectivity index (χ0n) is 15.1. The van der Waals surface area contributed by atoms with Crippen LogP contribution < -0.4 is 16.0 Å². The quantitative estimate of drug-likeness (QED) is 0.547. The van der Waals surface area contributed by atoms with Gasteiger partial charge in [-0.05, 0) is 30.3 Å². The number of pyridine rings is 1. The second-order valence-corrected chi connectivity index (χ2v) is 6.83. The highest BCUT2D eigenvalue weighted by Crippen LogP contribution is 2.17. The van der Waals surface area contributed by atoms with Gasteiger partial charge in [-0.15, -0.1) is 0 Å². The fourth-order valence-corrected chi connectivity index (χ4v) is 2.02. The van der Waals surface area contributed by atoms with Gasteiger partial charge in [0.1, 0.15) is 0 Å². The van der Waals surface area contributed by atoms with Crippen molar-refractivity contribution in [1.29, 1.82) is 0 Å². The third kappa shape index (κ3) is 5.84. The lowest BCUT2D eigenvalue weighted by Gasteiger charge is -2.17. The summed E-state index contributed by atoms with van der Waals surface area (Å²) in [6.07, 6.45) is 1.37. The van der Waals surface area contributed by atoms with Gasteiger partial charge in [0.2, 0.25) is 11.9 Å². The molecule has 0 aliphatic carbocycles. The predicted molar refractivity (Wildman–Crippen MR) is 99.5 cm³/mol. The van der Waals surface area contributed by atoms with E-state index >= 15 is 0 Å². The first-order chi connectivity index (χ1) is 12.3. The Morgan fingerprint density at radius 2 is 1.73 bits per heavy atom. The van der Waals surface area contributed by atoms with Gasteiger partial charge >= 0.3 is 0 Å². The van der Waals surface area contributed by atoms with Gasteiger partial charge in [0, 0.05) is 47.7 Å². The summed E-state index contributed by atoms with van der Waals surface area (Å²) in [6, 6.07) is 9.62. The van der Waals surface area contributed by atoms with E-state index in [0.717, 1.165) is 0 Å². The molecular formula is C19H23FN4O2. The number of aromatic nitrogens is 1. The molecule has 1 aromatic heterocycles. The molecule has 0 saturated heterocycles. The minimum atomic E-state index is -0.558. The van der Waals surface area contributed by atoms with E-state index in [1.165, 1.54) is 12.3 Å². The Hall–Kier alpha value is -2.96. The van der Waals surface area contributed by atoms with Crippen molar-refractivity contribution in [1.82, 2.24) is 10.3 Å². The molecule has 0 atom stereocenters. The standard InChI is InChI=1S/C19H23FN4O2/c1-19(2,3)18(26)24-14-6-4-13(5-7-14)17(25)23-11-10-21-15-8-9-22-16(20)12-15/h4-9,12H,10-11H2,1-3H3,(H,21,22)(H,23,25)(H,24,26). The fraction of sp³-hybridized carbons (Fsp3) is 0.316. The maximum Gasteiger partial charge on any atom is 0.251 e. The summed E-state index contributed by atoms with van der Waals surface area (Å²) >= 11 is 0. The van der Waals surface area contributed by atoms with Crippen LogP contribution in [0.4, 0.5) is 15.8 Å². The summed E-state index contributed by atoms with van der Waals surface area (Å²) in [5.41, 5.74) is 1.25. The molecule has 1 heterocycles. The van der Waals surface area contributed by atoms with Gasteiger partial charge in [0.05, 0.1) is 0 Å². The van der Waals surface area contributed by atoms with Crippen molar-refractivity contribution in [3.05, 3.63) is 54.1 Å². The number of benzene rings is 1. The van der Waals surface area contributed by atoms with Crippen LogP contribution in [0.15, 0.2) is 42.6 Å². The van der Waals surface area contributed by atoms with Crippen LogP contribution in [0.25, 0.3) is 0 Å². The van der Waals surface area contributed by atoms with Crippen LogP contribution in [0.3, 0.4) is 0 Å². The van der Waals surface area contributed by atoms with Crippen LogP contribution in [-0.4, -0.2) is 29.9 Å². The van der Waals surface area contributed by atoms with E-state index in [1.807, 2.05) is 20.8 Å². The molecule has 7 heteroatoms. The molecule has 0 spiro atoms. The minimum Gasteiger partial charge on any atom is -0.383 e. The number of hydrogen-bond donors (Lipinski definition) is 3. The summed E-state index contributed by atoms with van der Waals surface area (Å²) in [7, 11) is 0. The third-order valence-corrected chi connectivity index (χ3v) is 3.55. The second kappa shape index (κ2) is 8.42. The Labute approximate surface area is 152 Å². The molecule has 2 rings (SSSR count). The van der Waals surface area contributed by atoms with Crippen LogP contribution >= 0.6 is 0 Å². The first kappa shape index (κ1) is 19.4. The summed E-state index contributed by atoms with van der Waals surface area (Å²) in [5.74, 6) is -0.868. The van der Waals surface area contributed by atoms with Gasteiger partial charge in [0.15, 0.2) is 0 Å². The van der Waals surface area contributed by atoms with E-state index < -0.39 is 11.4 Å². The zero-order valence-corrected chi connectivity index (χ0v) is 15.1. The van der Waals surface area contributed by atoms with Crippen molar-refractivity contribution in [2.45, 2.75) is 20.8 Å². The number of rotatable bonds is 6. The topological polar surface area (TPSA) is 83.1 Å². The smallest absolute Gasteiger partial charge is 0.251 e. The Balaban J connectivity index is 1.79. The first-order valence-corrected chi connectivity index (χ1v) is 8.31. The Bertz CT molecular complexity index is 770. The molecule has 0 aliphatic heterocycles. The lowest BCUT2D eigenvalue weighted by molar-refractivity contribution is -0.123. The number of nitrogens with zero attached hydrogens (tertiary/aromatic N) is 1. The van der Waals surface area contributed by atoms with Gasteiger partial charge < -0.3 is 16.0 Å². The number of carbonyl (C=O) groups excluding carboxylic acids is 2. The van der Waals surface area contributed by atoms with Crippen molar-refractivity contribution in [3.63, 3.8) is 0 Å². The van der Waals surface area contributed by atoms with Crippen molar-refractivity contribution in [3.8, 4) is 0 Å². The minimum absolute atomic E-state index is 0.0895. The van der Waals surface area contributed by atoms with Crippen molar-refractivity contribution >= 4 is 23.2 Å². The van der Waals surface area contributed by atoms with Gasteiger partial charge in [-0.25, -0.2) is 4.98 Å². The lowest BCUT2D eigenvalue weighted by Crippen LogP contribution is -2.29. The fourth-order valence-electron chi connectivity index (χ4n) is 2.02. The predicted octanol–water partition coefficient (Wildman–Crippen LogP) is 3.05. The molecule has 6 nitrogen and oxygen atoms in total. The number of nitrogens with one attached hydrogen (secondary N) is 3. The van der Waals surface area contributed by atoms with E-state index in [0.29, 0.717) is 30.0 Å². The Morgan fingerprint density at radius 3 is 2.35 bits per heavy atom. The van der Waals surface area contributed by atoms with E-state index in [4.69, 9.17) is 0 Å². The summed E-state index contributed by atoms with van der Waals surface area (Å²) in [6.45, 7) is 6.33. The molecule has 0 bridgehead atoms. The Morgan fingerprint density at radius 1 is 1.04 bits per heavy atom. The molecule has 1 aromatic carbocycles. The molecule has 138 valence electrons. The molecule has 2 amide bonds. The van der Waals surface area contributed by atoms with Crippen LogP contribution in [-0.2, 0) is 4.79 Å². The van der Waals surface area contributed by atoms with Gasteiger partial charge in [0.25, 0.3) is 5.91 Å². The van der Waals surface area contributed by atoms with Crippen LogP contribution in [0, 0.1) is 11.4 Å². The molecule has 0 unspecified atom stereocenters. The highest BCUT2D eigenvalue weighted by molar-refractivity contribution is 5.97. The molecule has 0 aliphatic rings. The first-order valence-electron chi connectivity index (χ1n) is 8.31. The van der Waals surface area contributed by atoms with E-state index in [9.17, 15) is 14.0 Å². The SMILES string of the molecule is CC(C)(C)C(=O)Nc1ccc(C(=O)NCCNc2ccnc(F)c2)cc1. The normalized spacial score (nSPS) is 10.9. The number of carbonyl (C=O) groups is 2. The van der Waals surface area contributed by atoms with E-state index in [-0.39, 0.29) is 11.8 Å². The van der Waals surface area contributed by atoms with Crippen LogP contribution in [0.2, 0.25) is 0 Å². The average Bonchev–Trinajstić information content (AvgIpc) is 2.58. The highest BCUT2D eigenvalue weighted by atomic mass is 19.1. The van der Waals surface area contributed by atoms with Crippen molar-refractivity contribution < 1.29 is 14.0 Å². The second-order valence-electron chi connectivity index (χ2n) is 6.83. The lowest BCUT2D eigenvalue weighted by atomic mass is 9.95. The van der Waals surface area contributed by atoms with Crippen LogP contribution in [0.1, 0.15) is 31.1 Å². The largest absolute Gasteiger partial charge is 0.383 e. The molecule has 0 radical (unpaired) electrons. The summed E-state index contributed by atoms with van der Waals surface area (Å²) in [5, 5.41) is 8.57. The number of amides is 2. The van der Waals surface area contributed by atoms with Gasteiger partial charge in [-0.2, -0.15) is 4.39 Å². The molecule has 3 N–H and O–H groups in total. The Kier molecular flexibility index (Phi) is 6.27. The molecule has 2 aromatic rings. The number of halogens is 1. The van der Waals surface area contributed by atoms with E-state index in [2.05, 4.69) is 20.9 Å². The number of anilines is 2. The van der Waals surface area contributed by atoms with Crippen LogP contribution in [0.5, 0.6) is 0 Å².